The Kier molecular flexibility index (Phi) is 6.76. The minimum Gasteiger partial charge on any atom is -0.504 e. The normalized spacial score (nSPS) is 10.5. The lowest BCUT2D eigenvalue weighted by atomic mass is 9.99. The van der Waals surface area contributed by atoms with Crippen molar-refractivity contribution in [3.8, 4) is 11.8 Å². The van der Waals surface area contributed by atoms with E-state index in [9.17, 15) is 20.0 Å². The van der Waals surface area contributed by atoms with Crippen molar-refractivity contribution in [2.24, 2.45) is 0 Å². The summed E-state index contributed by atoms with van der Waals surface area (Å²) in [5.41, 5.74) is 2.51. The lowest BCUT2D eigenvalue weighted by Gasteiger charge is -2.10. The van der Waals surface area contributed by atoms with Crippen LogP contribution in [0.4, 0.5) is 0 Å². The number of benzene rings is 2. The fourth-order valence-electron chi connectivity index (χ4n) is 3.26. The predicted octanol–water partition coefficient (Wildman–Crippen LogP) is 4.12. The zero-order valence-corrected chi connectivity index (χ0v) is 16.7. The van der Waals surface area contributed by atoms with Gasteiger partial charge in [0, 0.05) is 11.8 Å². The number of aromatic hydroxyl groups is 1. The van der Waals surface area contributed by atoms with E-state index in [1.165, 1.54) is 5.56 Å². The quantitative estimate of drug-likeness (QED) is 0.449. The molecule has 0 atom stereocenters. The Morgan fingerprint density at radius 3 is 2.50 bits per heavy atom. The molecule has 0 aliphatic heterocycles. The fraction of sp³-hybridized carbons (Fsp3) is 0.250. The van der Waals surface area contributed by atoms with Gasteiger partial charge >= 0.3 is 5.97 Å². The maximum absolute atomic E-state index is 12.5. The first-order valence-corrected chi connectivity index (χ1v) is 9.82. The number of carbonyl (C=O) groups excluding carboxylic acids is 2. The number of pyridine rings is 1. The van der Waals surface area contributed by atoms with E-state index in [1.807, 2.05) is 36.4 Å². The Labute approximate surface area is 174 Å². The summed E-state index contributed by atoms with van der Waals surface area (Å²) in [5.74, 6) is -1.45. The second-order valence-corrected chi connectivity index (χ2v) is 6.86. The Balaban J connectivity index is 1.88. The summed E-state index contributed by atoms with van der Waals surface area (Å²) in [4.78, 5) is 28.4. The first-order chi connectivity index (χ1) is 14.5. The van der Waals surface area contributed by atoms with Gasteiger partial charge in [0.1, 0.15) is 17.3 Å². The molecule has 6 heteroatoms. The maximum atomic E-state index is 12.5. The van der Waals surface area contributed by atoms with Gasteiger partial charge in [0.05, 0.1) is 18.5 Å². The second-order valence-electron chi connectivity index (χ2n) is 6.86. The number of Topliss-reactive ketones (excluding diaryl/α,β-unsaturated/α-hetero) is 1. The highest BCUT2D eigenvalue weighted by Gasteiger charge is 2.21. The van der Waals surface area contributed by atoms with Crippen LogP contribution in [0.1, 0.15) is 46.9 Å². The Hall–Kier alpha value is -3.72. The van der Waals surface area contributed by atoms with Crippen molar-refractivity contribution in [2.45, 2.75) is 32.6 Å². The molecule has 3 rings (SSSR count). The summed E-state index contributed by atoms with van der Waals surface area (Å²) < 4.78 is 4.83. The van der Waals surface area contributed by atoms with Crippen LogP contribution in [0.2, 0.25) is 0 Å². The summed E-state index contributed by atoms with van der Waals surface area (Å²) in [5, 5.41) is 20.4. The number of aryl methyl sites for hydroxylation is 2. The molecule has 0 spiro atoms. The number of carbonyl (C=O) groups is 2. The monoisotopic (exact) mass is 402 g/mol. The van der Waals surface area contributed by atoms with E-state index in [0.717, 1.165) is 18.4 Å². The number of aromatic nitrogens is 1. The lowest BCUT2D eigenvalue weighted by Crippen LogP contribution is -2.10. The second kappa shape index (κ2) is 9.66. The third kappa shape index (κ3) is 4.81. The highest BCUT2D eigenvalue weighted by Crippen LogP contribution is 2.30. The minimum atomic E-state index is -0.506. The zero-order chi connectivity index (χ0) is 21.5. The maximum Gasteiger partial charge on any atom is 0.306 e. The molecule has 0 bridgehead atoms. The third-order valence-corrected chi connectivity index (χ3v) is 4.81. The van der Waals surface area contributed by atoms with Crippen molar-refractivity contribution in [1.82, 2.24) is 4.98 Å². The molecule has 3 aromatic rings. The van der Waals surface area contributed by atoms with Gasteiger partial charge in [0.25, 0.3) is 0 Å². The van der Waals surface area contributed by atoms with E-state index >= 15 is 0 Å². The molecule has 0 amide bonds. The standard InChI is InChI=1S/C24H22N2O4/c1-2-30-22(28)13-12-21(27)23-24(29)19(15-25)18-11-10-17(14-20(18)26-23)9-8-16-6-4-3-5-7-16/h3-7,10-11,14,29H,2,8-9,12-13H2,1H3. The van der Waals surface area contributed by atoms with Crippen molar-refractivity contribution < 1.29 is 19.4 Å². The molecule has 1 aromatic heterocycles. The average Bonchev–Trinajstić information content (AvgIpc) is 2.76. The molecule has 1 N–H and O–H groups in total. The molecule has 2 aromatic carbocycles. The first kappa shape index (κ1) is 21.0. The molecular formula is C24H22N2O4. The van der Waals surface area contributed by atoms with Crippen LogP contribution in [0.5, 0.6) is 5.75 Å². The summed E-state index contributed by atoms with van der Waals surface area (Å²) in [6.45, 7) is 1.92. The smallest absolute Gasteiger partial charge is 0.306 e. The number of rotatable bonds is 8. The van der Waals surface area contributed by atoms with Crippen molar-refractivity contribution in [1.29, 1.82) is 5.26 Å². The fourth-order valence-corrected chi connectivity index (χ4v) is 3.26. The van der Waals surface area contributed by atoms with Crippen LogP contribution in [0.15, 0.2) is 48.5 Å². The van der Waals surface area contributed by atoms with E-state index in [2.05, 4.69) is 17.1 Å². The average molecular weight is 402 g/mol. The van der Waals surface area contributed by atoms with E-state index in [-0.39, 0.29) is 30.7 Å². The summed E-state index contributed by atoms with van der Waals surface area (Å²) in [7, 11) is 0. The lowest BCUT2D eigenvalue weighted by molar-refractivity contribution is -0.143. The van der Waals surface area contributed by atoms with Gasteiger partial charge in [-0.2, -0.15) is 5.26 Å². The molecule has 30 heavy (non-hydrogen) atoms. The topological polar surface area (TPSA) is 100 Å². The molecule has 6 nitrogen and oxygen atoms in total. The van der Waals surface area contributed by atoms with Crippen LogP contribution >= 0.6 is 0 Å². The molecule has 0 saturated heterocycles. The molecule has 0 fully saturated rings. The number of hydrogen-bond acceptors (Lipinski definition) is 6. The number of nitrogens with zero attached hydrogens (tertiary/aromatic N) is 2. The molecule has 0 radical (unpaired) electrons. The van der Waals surface area contributed by atoms with Crippen molar-refractivity contribution >= 4 is 22.7 Å². The summed E-state index contributed by atoms with van der Waals surface area (Å²) >= 11 is 0. The third-order valence-electron chi connectivity index (χ3n) is 4.81. The summed E-state index contributed by atoms with van der Waals surface area (Å²) in [6.07, 6.45) is 1.37. The van der Waals surface area contributed by atoms with Crippen molar-refractivity contribution in [2.75, 3.05) is 6.61 Å². The molecule has 0 saturated carbocycles. The number of nitriles is 1. The van der Waals surface area contributed by atoms with E-state index in [0.29, 0.717) is 10.9 Å². The largest absolute Gasteiger partial charge is 0.504 e. The van der Waals surface area contributed by atoms with Crippen LogP contribution in [0.25, 0.3) is 10.9 Å². The number of ketones is 1. The Morgan fingerprint density at radius 1 is 1.07 bits per heavy atom. The Morgan fingerprint density at radius 2 is 1.80 bits per heavy atom. The molecule has 0 aliphatic carbocycles. The highest BCUT2D eigenvalue weighted by molar-refractivity contribution is 6.02. The van der Waals surface area contributed by atoms with E-state index in [4.69, 9.17) is 4.74 Å². The first-order valence-electron chi connectivity index (χ1n) is 9.82. The molecule has 0 aliphatic rings. The predicted molar refractivity (Wildman–Crippen MR) is 112 cm³/mol. The minimum absolute atomic E-state index is 0.00842. The molecule has 0 unspecified atom stereocenters. The van der Waals surface area contributed by atoms with Crippen LogP contribution in [0.3, 0.4) is 0 Å². The van der Waals surface area contributed by atoms with Gasteiger partial charge in [-0.3, -0.25) is 9.59 Å². The van der Waals surface area contributed by atoms with Crippen molar-refractivity contribution in [3.05, 3.63) is 70.9 Å². The van der Waals surface area contributed by atoms with Crippen LogP contribution in [-0.2, 0) is 22.4 Å². The van der Waals surface area contributed by atoms with Gasteiger partial charge in [0.2, 0.25) is 0 Å². The summed E-state index contributed by atoms with van der Waals surface area (Å²) in [6, 6.07) is 17.5. The number of hydrogen-bond donors (Lipinski definition) is 1. The molecule has 1 heterocycles. The molecular weight excluding hydrogens is 380 g/mol. The number of ether oxygens (including phenoxy) is 1. The van der Waals surface area contributed by atoms with Crippen molar-refractivity contribution in [3.63, 3.8) is 0 Å². The Bertz CT molecular complexity index is 1120. The van der Waals surface area contributed by atoms with Gasteiger partial charge in [-0.1, -0.05) is 42.5 Å². The van der Waals surface area contributed by atoms with E-state index in [1.54, 1.807) is 13.0 Å². The van der Waals surface area contributed by atoms with Gasteiger partial charge < -0.3 is 9.84 Å². The van der Waals surface area contributed by atoms with Gasteiger partial charge in [-0.25, -0.2) is 4.98 Å². The number of fused-ring (bicyclic) bond motifs is 1. The highest BCUT2D eigenvalue weighted by atomic mass is 16.5. The van der Waals surface area contributed by atoms with Crippen LogP contribution in [0, 0.1) is 11.3 Å². The van der Waals surface area contributed by atoms with Gasteiger partial charge in [-0.15, -0.1) is 0 Å². The van der Waals surface area contributed by atoms with Gasteiger partial charge in [-0.05, 0) is 37.0 Å². The molecule has 152 valence electrons. The number of esters is 1. The van der Waals surface area contributed by atoms with Crippen LogP contribution in [-0.4, -0.2) is 28.4 Å². The SMILES string of the molecule is CCOC(=O)CCC(=O)c1nc2cc(CCc3ccccc3)ccc2c(C#N)c1O. The van der Waals surface area contributed by atoms with E-state index < -0.39 is 17.5 Å². The van der Waals surface area contributed by atoms with Crippen LogP contribution < -0.4 is 0 Å². The zero-order valence-electron chi connectivity index (χ0n) is 16.7. The van der Waals surface area contributed by atoms with Gasteiger partial charge in [0.15, 0.2) is 11.5 Å².